The Hall–Kier alpha value is 1.38. The number of hydrogen-bond donors (Lipinski definition) is 1. The average Bonchev–Trinajstić information content (AvgIpc) is 2.08. The van der Waals surface area contributed by atoms with Crippen molar-refractivity contribution in [1.29, 1.82) is 0 Å². The van der Waals surface area contributed by atoms with Crippen LogP contribution in [0.2, 0.25) is 25.1 Å². The predicted octanol–water partition coefficient (Wildman–Crippen LogP) is 5.08. The summed E-state index contributed by atoms with van der Waals surface area (Å²) < 4.78 is 0. The summed E-state index contributed by atoms with van der Waals surface area (Å²) in [6, 6.07) is 0. The van der Waals surface area contributed by atoms with Crippen molar-refractivity contribution < 1.29 is 24.6 Å². The molecule has 0 fully saturated rings. The van der Waals surface area contributed by atoms with E-state index < -0.39 is 0 Å². The fourth-order valence-corrected chi connectivity index (χ4v) is 1.72. The third-order valence-corrected chi connectivity index (χ3v) is 3.44. The van der Waals surface area contributed by atoms with Crippen LogP contribution in [0.5, 0.6) is 5.75 Å². The van der Waals surface area contributed by atoms with Crippen molar-refractivity contribution in [2.75, 3.05) is 0 Å². The van der Waals surface area contributed by atoms with Gasteiger partial charge in [0.05, 0.1) is 15.1 Å². The topological polar surface area (TPSA) is 20.2 Å². The first-order valence-corrected chi connectivity index (χ1v) is 4.56. The van der Waals surface area contributed by atoms with Crippen LogP contribution in [0.3, 0.4) is 0 Å². The van der Waals surface area contributed by atoms with E-state index in [1.807, 2.05) is 0 Å². The van der Waals surface area contributed by atoms with Crippen molar-refractivity contribution in [3.05, 3.63) is 25.1 Å². The van der Waals surface area contributed by atoms with Crippen LogP contribution in [0, 0.1) is 0 Å². The maximum Gasteiger partial charge on any atom is 0.155 e. The van der Waals surface area contributed by atoms with Crippen LogP contribution < -0.4 is 0 Å². The molecule has 0 bridgehead atoms. The van der Waals surface area contributed by atoms with Crippen molar-refractivity contribution in [3.63, 3.8) is 0 Å². The minimum atomic E-state index is -0.363. The van der Waals surface area contributed by atoms with E-state index in [0.29, 0.717) is 0 Å². The molecular weight excluding hydrogens is 366 g/mol. The average molecular weight is 368 g/mol. The summed E-state index contributed by atoms with van der Waals surface area (Å²) in [5.41, 5.74) is 0. The van der Waals surface area contributed by atoms with Gasteiger partial charge < -0.3 is 5.11 Å². The maximum atomic E-state index is 9.20. The van der Waals surface area contributed by atoms with Crippen molar-refractivity contribution in [3.8, 4) is 5.75 Å². The van der Waals surface area contributed by atoms with E-state index in [2.05, 4.69) is 0 Å². The van der Waals surface area contributed by atoms with E-state index in [0.717, 1.165) is 0 Å². The Morgan fingerprint density at radius 1 is 0.643 bits per heavy atom. The van der Waals surface area contributed by atoms with Crippen LogP contribution in [-0.4, -0.2) is 5.11 Å². The Bertz CT molecular complexity index is 237. The normalized spacial score (nSPS) is 8.93. The molecule has 14 heavy (non-hydrogen) atoms. The molecule has 1 N–H and O–H groups in total. The first-order valence-electron chi connectivity index (χ1n) is 2.67. The fraction of sp³-hybridized carbons (Fsp3) is 0. The molecule has 1 rings (SSSR count). The molecular formula is C6H2Cl6OZn. The van der Waals surface area contributed by atoms with Gasteiger partial charge in [-0.3, -0.25) is 0 Å². The molecule has 0 aliphatic heterocycles. The van der Waals surface area contributed by atoms with Gasteiger partial charge in [0.2, 0.25) is 0 Å². The van der Waals surface area contributed by atoms with Crippen LogP contribution in [0.25, 0.3) is 0 Å². The van der Waals surface area contributed by atoms with E-state index in [9.17, 15) is 5.11 Å². The zero-order valence-corrected chi connectivity index (χ0v) is 14.0. The van der Waals surface area contributed by atoms with Crippen LogP contribution in [-0.2, 0) is 19.5 Å². The zero-order chi connectivity index (χ0) is 9.46. The number of phenols is 1. The molecule has 0 heterocycles. The Morgan fingerprint density at radius 3 is 1.14 bits per heavy atom. The quantitative estimate of drug-likeness (QED) is 0.385. The first kappa shape index (κ1) is 17.8. The summed E-state index contributed by atoms with van der Waals surface area (Å²) in [6.45, 7) is 0. The Balaban J connectivity index is 0. The van der Waals surface area contributed by atoms with Gasteiger partial charge in [0.1, 0.15) is 10.0 Å². The number of halogens is 6. The molecule has 0 atom stereocenters. The second kappa shape index (κ2) is 6.86. The summed E-state index contributed by atoms with van der Waals surface area (Å²) in [5.74, 6) is -0.363. The van der Waals surface area contributed by atoms with Crippen LogP contribution in [0.4, 0.5) is 0 Å². The van der Waals surface area contributed by atoms with Gasteiger partial charge in [0.25, 0.3) is 0 Å². The molecule has 1 aromatic carbocycles. The summed E-state index contributed by atoms with van der Waals surface area (Å²) in [4.78, 5) is 0. The molecule has 1 aromatic rings. The third kappa shape index (κ3) is 3.19. The predicted molar refractivity (Wildman–Crippen MR) is 60.4 cm³/mol. The van der Waals surface area contributed by atoms with Gasteiger partial charge in [-0.25, -0.2) is 0 Å². The second-order valence-corrected chi connectivity index (χ2v) is 3.81. The largest absolute Gasteiger partial charge is 0.505 e. The van der Waals surface area contributed by atoms with Crippen LogP contribution in [0.15, 0.2) is 0 Å². The number of phenolic OH excluding ortho intramolecular Hbond substituents is 1. The number of aromatic hydroxyl groups is 1. The molecule has 1 nitrogen and oxygen atoms in total. The van der Waals surface area contributed by atoms with E-state index in [4.69, 9.17) is 58.0 Å². The minimum absolute atomic E-state index is 0. The molecule has 0 unspecified atom stereocenters. The SMILES string of the molecule is Cl.Oc1c(Cl)c(Cl)c(Cl)c(Cl)c1Cl.[Zn]. The Morgan fingerprint density at radius 2 is 0.857 bits per heavy atom. The molecule has 8 heteroatoms. The minimum Gasteiger partial charge on any atom is -0.505 e. The molecule has 0 aliphatic rings. The molecule has 0 aromatic heterocycles. The van der Waals surface area contributed by atoms with Crippen molar-refractivity contribution in [1.82, 2.24) is 0 Å². The first-order chi connectivity index (χ1) is 5.46. The van der Waals surface area contributed by atoms with Gasteiger partial charge in [-0.05, 0) is 0 Å². The smallest absolute Gasteiger partial charge is 0.155 e. The van der Waals surface area contributed by atoms with Crippen molar-refractivity contribution in [2.24, 2.45) is 0 Å². The molecule has 0 radical (unpaired) electrons. The van der Waals surface area contributed by atoms with Crippen LogP contribution >= 0.6 is 70.4 Å². The standard InChI is InChI=1S/C6HCl5O.ClH.Zn/c7-1-2(8)4(10)6(12)5(11)3(1)9;;/h12H;1H;. The molecule has 0 spiro atoms. The summed E-state index contributed by atoms with van der Waals surface area (Å²) >= 11 is 27.9. The monoisotopic (exact) mass is 364 g/mol. The molecule has 0 amide bonds. The fourth-order valence-electron chi connectivity index (χ4n) is 0.593. The van der Waals surface area contributed by atoms with Gasteiger partial charge in [-0.1, -0.05) is 58.0 Å². The number of hydrogen-bond acceptors (Lipinski definition) is 1. The summed E-state index contributed by atoms with van der Waals surface area (Å²) in [7, 11) is 0. The van der Waals surface area contributed by atoms with E-state index in [-0.39, 0.29) is 62.7 Å². The molecule has 76 valence electrons. The summed E-state index contributed by atoms with van der Waals surface area (Å²) in [6.07, 6.45) is 0. The number of rotatable bonds is 0. The van der Waals surface area contributed by atoms with E-state index in [1.165, 1.54) is 0 Å². The third-order valence-electron chi connectivity index (χ3n) is 1.19. The van der Waals surface area contributed by atoms with E-state index >= 15 is 0 Å². The van der Waals surface area contributed by atoms with Gasteiger partial charge in [0.15, 0.2) is 5.75 Å². The van der Waals surface area contributed by atoms with Gasteiger partial charge in [-0.2, -0.15) is 0 Å². The molecule has 0 aliphatic carbocycles. The van der Waals surface area contributed by atoms with Gasteiger partial charge in [-0.15, -0.1) is 12.4 Å². The number of benzene rings is 1. The van der Waals surface area contributed by atoms with Gasteiger partial charge in [0, 0.05) is 19.5 Å². The van der Waals surface area contributed by atoms with Gasteiger partial charge >= 0.3 is 0 Å². The van der Waals surface area contributed by atoms with Crippen molar-refractivity contribution >= 4 is 70.4 Å². The zero-order valence-electron chi connectivity index (χ0n) is 6.45. The molecule has 0 saturated heterocycles. The maximum absolute atomic E-state index is 9.20. The second-order valence-electron chi connectivity index (χ2n) is 1.92. The molecule has 0 saturated carbocycles. The van der Waals surface area contributed by atoms with E-state index in [1.54, 1.807) is 0 Å². The Labute approximate surface area is 125 Å². The van der Waals surface area contributed by atoms with Crippen LogP contribution in [0.1, 0.15) is 0 Å². The summed E-state index contributed by atoms with van der Waals surface area (Å²) in [5, 5.41) is 9.01. The van der Waals surface area contributed by atoms with Crippen molar-refractivity contribution in [2.45, 2.75) is 0 Å². The Kier molecular flexibility index (Phi) is 8.70.